The summed E-state index contributed by atoms with van der Waals surface area (Å²) in [6, 6.07) is 9.24. The first-order chi connectivity index (χ1) is 13.2. The molecule has 0 radical (unpaired) electrons. The first-order valence-corrected chi connectivity index (χ1v) is 10.5. The van der Waals surface area contributed by atoms with Crippen molar-refractivity contribution in [3.05, 3.63) is 41.7 Å². The quantitative estimate of drug-likeness (QED) is 0.702. The lowest BCUT2D eigenvalue weighted by Gasteiger charge is -2.42. The Morgan fingerprint density at radius 1 is 1.11 bits per heavy atom. The topological polar surface area (TPSA) is 44.8 Å². The fraction of sp³-hybridized carbons (Fsp3) is 0.478. The molecule has 3 aromatic rings. The Labute approximate surface area is 160 Å². The first kappa shape index (κ1) is 15.7. The summed E-state index contributed by atoms with van der Waals surface area (Å²) in [5.74, 6) is 2.15. The molecule has 1 saturated carbocycles. The number of piperidine rings is 1. The van der Waals surface area contributed by atoms with E-state index in [0.29, 0.717) is 6.04 Å². The number of fused-ring (bicyclic) bond motifs is 4. The van der Waals surface area contributed by atoms with Crippen molar-refractivity contribution in [1.82, 2.24) is 15.0 Å². The van der Waals surface area contributed by atoms with Crippen molar-refractivity contribution in [3.63, 3.8) is 0 Å². The smallest absolute Gasteiger partial charge is 0.162 e. The lowest BCUT2D eigenvalue weighted by Crippen LogP contribution is -2.44. The molecule has 0 amide bonds. The standard InChI is InChI=1S/C23H26N4/c1-23(11-12-23)20-18-9-8-15-5-2-3-14-27(15)22(18)26-21(25-20)17-6-4-7-19-16(17)10-13-24-19/h4,6-7,10,13,15,24H,2-3,5,8-9,11-12,14H2,1H3/t15-/m0/s1. The second kappa shape index (κ2) is 5.57. The molecule has 1 N–H and O–H groups in total. The van der Waals surface area contributed by atoms with Crippen molar-refractivity contribution in [1.29, 1.82) is 0 Å². The zero-order valence-electron chi connectivity index (χ0n) is 16.0. The molecule has 1 atom stereocenters. The van der Waals surface area contributed by atoms with E-state index in [-0.39, 0.29) is 5.41 Å². The third kappa shape index (κ3) is 2.35. The highest BCUT2D eigenvalue weighted by atomic mass is 15.2. The van der Waals surface area contributed by atoms with Crippen LogP contribution < -0.4 is 4.90 Å². The van der Waals surface area contributed by atoms with Crippen LogP contribution in [0.1, 0.15) is 56.7 Å². The predicted octanol–water partition coefficient (Wildman–Crippen LogP) is 4.98. The SMILES string of the molecule is CC1(c2nc(-c3cccc4[nH]ccc34)nc3c2CC[C@@H]2CCCCN32)CC1. The first-order valence-electron chi connectivity index (χ1n) is 10.5. The van der Waals surface area contributed by atoms with Crippen LogP contribution in [0.15, 0.2) is 30.5 Å². The van der Waals surface area contributed by atoms with Gasteiger partial charge in [0.2, 0.25) is 0 Å². The molecule has 27 heavy (non-hydrogen) atoms. The summed E-state index contributed by atoms with van der Waals surface area (Å²) in [6.45, 7) is 3.54. The van der Waals surface area contributed by atoms with Gasteiger partial charge in [-0.25, -0.2) is 9.97 Å². The van der Waals surface area contributed by atoms with Crippen molar-refractivity contribution in [2.45, 2.75) is 63.3 Å². The zero-order valence-corrected chi connectivity index (χ0v) is 16.0. The normalized spacial score (nSPS) is 23.1. The minimum atomic E-state index is 0.260. The average Bonchev–Trinajstić information content (AvgIpc) is 3.27. The molecule has 0 unspecified atom stereocenters. The predicted molar refractivity (Wildman–Crippen MR) is 109 cm³/mol. The van der Waals surface area contributed by atoms with E-state index in [0.717, 1.165) is 29.9 Å². The van der Waals surface area contributed by atoms with Gasteiger partial charge in [0.25, 0.3) is 0 Å². The van der Waals surface area contributed by atoms with Crippen molar-refractivity contribution < 1.29 is 0 Å². The maximum atomic E-state index is 5.21. The Balaban J connectivity index is 1.59. The van der Waals surface area contributed by atoms with Gasteiger partial charge in [-0.2, -0.15) is 0 Å². The second-order valence-corrected chi connectivity index (χ2v) is 8.88. The number of benzene rings is 1. The molecule has 0 spiro atoms. The Kier molecular flexibility index (Phi) is 3.23. The molecular weight excluding hydrogens is 332 g/mol. The molecule has 2 fully saturated rings. The van der Waals surface area contributed by atoms with Gasteiger partial charge in [0.05, 0.1) is 5.69 Å². The van der Waals surface area contributed by atoms with Crippen LogP contribution in [0, 0.1) is 0 Å². The summed E-state index contributed by atoms with van der Waals surface area (Å²) in [6.07, 6.45) is 10.9. The van der Waals surface area contributed by atoms with Crippen LogP contribution in [0.25, 0.3) is 22.3 Å². The summed E-state index contributed by atoms with van der Waals surface area (Å²) in [5, 5.41) is 1.22. The van der Waals surface area contributed by atoms with E-state index >= 15 is 0 Å². The molecule has 1 saturated heterocycles. The summed E-state index contributed by atoms with van der Waals surface area (Å²) in [7, 11) is 0. The number of aromatic amines is 1. The molecule has 6 rings (SSSR count). The van der Waals surface area contributed by atoms with E-state index in [1.807, 2.05) is 6.20 Å². The Morgan fingerprint density at radius 2 is 2.04 bits per heavy atom. The molecule has 4 nitrogen and oxygen atoms in total. The lowest BCUT2D eigenvalue weighted by atomic mass is 9.87. The van der Waals surface area contributed by atoms with Gasteiger partial charge in [-0.05, 0) is 57.1 Å². The van der Waals surface area contributed by atoms with Crippen molar-refractivity contribution in [2.75, 3.05) is 11.4 Å². The van der Waals surface area contributed by atoms with Crippen LogP contribution in [-0.2, 0) is 11.8 Å². The number of H-pyrrole nitrogens is 1. The number of rotatable bonds is 2. The number of aromatic nitrogens is 3. The van der Waals surface area contributed by atoms with Gasteiger partial charge in [0.1, 0.15) is 5.82 Å². The molecular formula is C23H26N4. The Bertz CT molecular complexity index is 1030. The van der Waals surface area contributed by atoms with Gasteiger partial charge >= 0.3 is 0 Å². The summed E-state index contributed by atoms with van der Waals surface area (Å²) in [4.78, 5) is 16.3. The highest BCUT2D eigenvalue weighted by molar-refractivity contribution is 5.93. The summed E-state index contributed by atoms with van der Waals surface area (Å²) < 4.78 is 0. The van der Waals surface area contributed by atoms with E-state index < -0.39 is 0 Å². The van der Waals surface area contributed by atoms with Gasteiger partial charge in [0.15, 0.2) is 5.82 Å². The molecule has 138 valence electrons. The lowest BCUT2D eigenvalue weighted by molar-refractivity contribution is 0.417. The molecule has 3 aliphatic rings. The number of nitrogens with zero attached hydrogens (tertiary/aromatic N) is 3. The summed E-state index contributed by atoms with van der Waals surface area (Å²) in [5.41, 5.74) is 5.35. The van der Waals surface area contributed by atoms with E-state index in [4.69, 9.17) is 9.97 Å². The van der Waals surface area contributed by atoms with Crippen LogP contribution >= 0.6 is 0 Å². The number of nitrogens with one attached hydrogen (secondary N) is 1. The Hall–Kier alpha value is -2.36. The van der Waals surface area contributed by atoms with Gasteiger partial charge in [-0.1, -0.05) is 19.1 Å². The fourth-order valence-corrected chi connectivity index (χ4v) is 5.15. The van der Waals surface area contributed by atoms with Crippen LogP contribution in [0.2, 0.25) is 0 Å². The highest BCUT2D eigenvalue weighted by Gasteiger charge is 2.45. The van der Waals surface area contributed by atoms with Gasteiger partial charge in [-0.3, -0.25) is 0 Å². The van der Waals surface area contributed by atoms with E-state index in [1.54, 1.807) is 0 Å². The van der Waals surface area contributed by atoms with E-state index in [9.17, 15) is 0 Å². The van der Waals surface area contributed by atoms with E-state index in [1.165, 1.54) is 61.0 Å². The third-order valence-electron chi connectivity index (χ3n) is 7.02. The van der Waals surface area contributed by atoms with Gasteiger partial charge < -0.3 is 9.88 Å². The van der Waals surface area contributed by atoms with Crippen LogP contribution in [0.4, 0.5) is 5.82 Å². The van der Waals surface area contributed by atoms with Crippen LogP contribution in [-0.4, -0.2) is 27.5 Å². The molecule has 2 aromatic heterocycles. The number of hydrogen-bond acceptors (Lipinski definition) is 3. The maximum absolute atomic E-state index is 5.21. The fourth-order valence-electron chi connectivity index (χ4n) is 5.15. The van der Waals surface area contributed by atoms with Gasteiger partial charge in [-0.15, -0.1) is 0 Å². The van der Waals surface area contributed by atoms with Crippen molar-refractivity contribution in [2.24, 2.45) is 0 Å². The van der Waals surface area contributed by atoms with Crippen molar-refractivity contribution in [3.8, 4) is 11.4 Å². The zero-order chi connectivity index (χ0) is 18.0. The largest absolute Gasteiger partial charge is 0.361 e. The highest BCUT2D eigenvalue weighted by Crippen LogP contribution is 2.51. The molecule has 0 bridgehead atoms. The second-order valence-electron chi connectivity index (χ2n) is 8.88. The molecule has 2 aliphatic heterocycles. The van der Waals surface area contributed by atoms with Crippen LogP contribution in [0.3, 0.4) is 0 Å². The summed E-state index contributed by atoms with van der Waals surface area (Å²) >= 11 is 0. The molecule has 1 aliphatic carbocycles. The Morgan fingerprint density at radius 3 is 2.93 bits per heavy atom. The average molecular weight is 358 g/mol. The maximum Gasteiger partial charge on any atom is 0.162 e. The monoisotopic (exact) mass is 358 g/mol. The van der Waals surface area contributed by atoms with Crippen molar-refractivity contribution >= 4 is 16.7 Å². The van der Waals surface area contributed by atoms with Crippen LogP contribution in [0.5, 0.6) is 0 Å². The minimum Gasteiger partial charge on any atom is -0.361 e. The number of anilines is 1. The molecule has 4 heterocycles. The molecule has 1 aromatic carbocycles. The van der Waals surface area contributed by atoms with Gasteiger partial charge in [0, 0.05) is 46.2 Å². The molecule has 4 heteroatoms. The minimum absolute atomic E-state index is 0.260. The third-order valence-corrected chi connectivity index (χ3v) is 7.02. The van der Waals surface area contributed by atoms with E-state index in [2.05, 4.69) is 41.1 Å². The number of hydrogen-bond donors (Lipinski definition) is 1.